The van der Waals surface area contributed by atoms with Crippen LogP contribution in [0.2, 0.25) is 10.0 Å². The van der Waals surface area contributed by atoms with E-state index in [0.717, 1.165) is 17.1 Å². The molecule has 3 nitrogen and oxygen atoms in total. The van der Waals surface area contributed by atoms with Gasteiger partial charge in [-0.15, -0.1) is 0 Å². The van der Waals surface area contributed by atoms with E-state index < -0.39 is 5.97 Å². The quantitative estimate of drug-likeness (QED) is 0.787. The highest BCUT2D eigenvalue weighted by molar-refractivity contribution is 7.08. The molecule has 6 heteroatoms. The fourth-order valence-corrected chi connectivity index (χ4v) is 2.47. The molecule has 1 heterocycles. The molecule has 0 atom stereocenters. The zero-order chi connectivity index (χ0) is 12.4. The molecule has 0 bridgehead atoms. The molecule has 0 amide bonds. The van der Waals surface area contributed by atoms with Crippen LogP contribution in [0, 0.1) is 0 Å². The molecule has 0 radical (unpaired) electrons. The molecule has 0 aliphatic heterocycles. The molecule has 88 valence electrons. The highest BCUT2D eigenvalue weighted by Crippen LogP contribution is 2.31. The molecule has 0 unspecified atom stereocenters. The standard InChI is InChI=1S/C11H7Cl2NO2S/c1-16-11(15)10-5-9(14-17-10)7-3-2-6(12)4-8(7)13/h2-5H,1H3. The summed E-state index contributed by atoms with van der Waals surface area (Å²) in [6, 6.07) is 6.77. The van der Waals surface area contributed by atoms with Crippen LogP contribution in [0.25, 0.3) is 11.3 Å². The lowest BCUT2D eigenvalue weighted by Crippen LogP contribution is -1.96. The number of rotatable bonds is 2. The lowest BCUT2D eigenvalue weighted by atomic mass is 10.1. The minimum absolute atomic E-state index is 0.404. The summed E-state index contributed by atoms with van der Waals surface area (Å²) in [6.07, 6.45) is 0. The Morgan fingerprint density at radius 1 is 1.35 bits per heavy atom. The normalized spacial score (nSPS) is 10.3. The molecule has 1 aromatic carbocycles. The van der Waals surface area contributed by atoms with Gasteiger partial charge in [0.15, 0.2) is 0 Å². The van der Waals surface area contributed by atoms with Gasteiger partial charge in [0.25, 0.3) is 0 Å². The third-order valence-corrected chi connectivity index (χ3v) is 3.42. The predicted molar refractivity (Wildman–Crippen MR) is 68.9 cm³/mol. The van der Waals surface area contributed by atoms with E-state index in [0.29, 0.717) is 20.6 Å². The molecular formula is C11H7Cl2NO2S. The van der Waals surface area contributed by atoms with E-state index in [-0.39, 0.29) is 0 Å². The Balaban J connectivity index is 2.40. The minimum Gasteiger partial charge on any atom is -0.465 e. The molecule has 0 saturated carbocycles. The molecule has 0 spiro atoms. The summed E-state index contributed by atoms with van der Waals surface area (Å²) in [7, 11) is 1.33. The summed E-state index contributed by atoms with van der Waals surface area (Å²) in [4.78, 5) is 11.7. The van der Waals surface area contributed by atoms with Gasteiger partial charge in [-0.1, -0.05) is 23.2 Å². The maximum atomic E-state index is 11.3. The van der Waals surface area contributed by atoms with Crippen LogP contribution in [0.3, 0.4) is 0 Å². The van der Waals surface area contributed by atoms with E-state index in [2.05, 4.69) is 9.11 Å². The summed E-state index contributed by atoms with van der Waals surface area (Å²) < 4.78 is 8.77. The lowest BCUT2D eigenvalue weighted by Gasteiger charge is -2.00. The average molecular weight is 288 g/mol. The van der Waals surface area contributed by atoms with Crippen LogP contribution in [0.4, 0.5) is 0 Å². The van der Waals surface area contributed by atoms with Gasteiger partial charge in [0.05, 0.1) is 17.8 Å². The maximum absolute atomic E-state index is 11.3. The SMILES string of the molecule is COC(=O)c1cc(-c2ccc(Cl)cc2Cl)ns1. The number of hydrogen-bond donors (Lipinski definition) is 0. The highest BCUT2D eigenvalue weighted by Gasteiger charge is 2.13. The number of carbonyl (C=O) groups excluding carboxylic acids is 1. The maximum Gasteiger partial charge on any atom is 0.349 e. The van der Waals surface area contributed by atoms with Crippen LogP contribution >= 0.6 is 34.7 Å². The summed E-state index contributed by atoms with van der Waals surface area (Å²) in [5.41, 5.74) is 1.37. The van der Waals surface area contributed by atoms with Crippen molar-refractivity contribution in [2.24, 2.45) is 0 Å². The second-order valence-corrected chi connectivity index (χ2v) is 4.84. The van der Waals surface area contributed by atoms with E-state index in [1.54, 1.807) is 24.3 Å². The smallest absolute Gasteiger partial charge is 0.349 e. The van der Waals surface area contributed by atoms with Crippen LogP contribution in [-0.2, 0) is 4.74 Å². The molecular weight excluding hydrogens is 281 g/mol. The summed E-state index contributed by atoms with van der Waals surface area (Å²) in [5.74, 6) is -0.404. The van der Waals surface area contributed by atoms with Crippen LogP contribution in [-0.4, -0.2) is 17.5 Å². The molecule has 1 aromatic heterocycles. The van der Waals surface area contributed by atoms with Gasteiger partial charge >= 0.3 is 5.97 Å². The number of esters is 1. The number of benzene rings is 1. The van der Waals surface area contributed by atoms with E-state index in [4.69, 9.17) is 23.2 Å². The fourth-order valence-electron chi connectivity index (χ4n) is 1.30. The fraction of sp³-hybridized carbons (Fsp3) is 0.0909. The zero-order valence-electron chi connectivity index (χ0n) is 8.74. The number of carbonyl (C=O) groups is 1. The van der Waals surface area contributed by atoms with Crippen LogP contribution in [0.1, 0.15) is 9.67 Å². The lowest BCUT2D eigenvalue weighted by molar-refractivity contribution is 0.0606. The Morgan fingerprint density at radius 3 is 2.76 bits per heavy atom. The van der Waals surface area contributed by atoms with Crippen molar-refractivity contribution in [2.75, 3.05) is 7.11 Å². The number of methoxy groups -OCH3 is 1. The van der Waals surface area contributed by atoms with Crippen molar-refractivity contribution < 1.29 is 9.53 Å². The van der Waals surface area contributed by atoms with Crippen LogP contribution < -0.4 is 0 Å². The molecule has 0 saturated heterocycles. The van der Waals surface area contributed by atoms with E-state index in [1.165, 1.54) is 7.11 Å². The van der Waals surface area contributed by atoms with Gasteiger partial charge < -0.3 is 4.74 Å². The van der Waals surface area contributed by atoms with Crippen molar-refractivity contribution in [1.82, 2.24) is 4.37 Å². The molecule has 2 rings (SSSR count). The molecule has 0 fully saturated rings. The highest BCUT2D eigenvalue weighted by atomic mass is 35.5. The first-order chi connectivity index (χ1) is 8.11. The largest absolute Gasteiger partial charge is 0.465 e. The molecule has 2 aromatic rings. The summed E-state index contributed by atoms with van der Waals surface area (Å²) in [6.45, 7) is 0. The second-order valence-electron chi connectivity index (χ2n) is 3.19. The van der Waals surface area contributed by atoms with Gasteiger partial charge in [-0.3, -0.25) is 0 Å². The van der Waals surface area contributed by atoms with Gasteiger partial charge in [-0.25, -0.2) is 4.79 Å². The number of hydrogen-bond acceptors (Lipinski definition) is 4. The van der Waals surface area contributed by atoms with E-state index in [1.807, 2.05) is 0 Å². The van der Waals surface area contributed by atoms with Crippen molar-refractivity contribution in [2.45, 2.75) is 0 Å². The van der Waals surface area contributed by atoms with Crippen molar-refractivity contribution in [3.63, 3.8) is 0 Å². The number of nitrogens with zero attached hydrogens (tertiary/aromatic N) is 1. The second kappa shape index (κ2) is 5.04. The third kappa shape index (κ3) is 2.60. The zero-order valence-corrected chi connectivity index (χ0v) is 11.1. The first-order valence-electron chi connectivity index (χ1n) is 4.62. The van der Waals surface area contributed by atoms with Gasteiger partial charge in [-0.2, -0.15) is 4.37 Å². The number of halogens is 2. The van der Waals surface area contributed by atoms with Gasteiger partial charge in [0.2, 0.25) is 0 Å². The Hall–Kier alpha value is -1.10. The van der Waals surface area contributed by atoms with Gasteiger partial charge in [0.1, 0.15) is 4.88 Å². The van der Waals surface area contributed by atoms with E-state index in [9.17, 15) is 4.79 Å². The van der Waals surface area contributed by atoms with Gasteiger partial charge in [-0.05, 0) is 35.8 Å². The Kier molecular flexibility index (Phi) is 3.66. The molecule has 0 N–H and O–H groups in total. The van der Waals surface area contributed by atoms with Crippen molar-refractivity contribution in [3.8, 4) is 11.3 Å². The Morgan fingerprint density at radius 2 is 2.12 bits per heavy atom. The van der Waals surface area contributed by atoms with Crippen molar-refractivity contribution in [3.05, 3.63) is 39.2 Å². The molecule has 0 aliphatic carbocycles. The number of aromatic nitrogens is 1. The Bertz CT molecular complexity index is 568. The molecule has 17 heavy (non-hydrogen) atoms. The predicted octanol–water partition coefficient (Wildman–Crippen LogP) is 3.90. The topological polar surface area (TPSA) is 39.2 Å². The average Bonchev–Trinajstić information content (AvgIpc) is 2.77. The number of ether oxygens (including phenoxy) is 1. The van der Waals surface area contributed by atoms with Crippen LogP contribution in [0.5, 0.6) is 0 Å². The van der Waals surface area contributed by atoms with Crippen LogP contribution in [0.15, 0.2) is 24.3 Å². The van der Waals surface area contributed by atoms with E-state index >= 15 is 0 Å². The third-order valence-electron chi connectivity index (χ3n) is 2.10. The molecule has 0 aliphatic rings. The summed E-state index contributed by atoms with van der Waals surface area (Å²) >= 11 is 12.9. The summed E-state index contributed by atoms with van der Waals surface area (Å²) in [5, 5.41) is 1.06. The van der Waals surface area contributed by atoms with Crippen molar-refractivity contribution >= 4 is 40.7 Å². The monoisotopic (exact) mass is 287 g/mol. The van der Waals surface area contributed by atoms with Crippen molar-refractivity contribution in [1.29, 1.82) is 0 Å². The van der Waals surface area contributed by atoms with Gasteiger partial charge in [0, 0.05) is 10.6 Å². The minimum atomic E-state index is -0.404. The Labute approximate surface area is 112 Å². The first kappa shape index (κ1) is 12.4. The first-order valence-corrected chi connectivity index (χ1v) is 6.15.